The Morgan fingerprint density at radius 3 is 2.17 bits per heavy atom. The maximum atomic E-state index is 6.90. The van der Waals surface area contributed by atoms with E-state index >= 15 is 0 Å². The molecule has 0 aliphatic heterocycles. The van der Waals surface area contributed by atoms with E-state index in [-0.39, 0.29) is 0 Å². The summed E-state index contributed by atoms with van der Waals surface area (Å²) >= 11 is 0. The molecule has 0 saturated heterocycles. The Morgan fingerprint density at radius 1 is 0.826 bits per heavy atom. The number of aryl methyl sites for hydroxylation is 1. The van der Waals surface area contributed by atoms with Crippen LogP contribution in [0.25, 0.3) is 21.5 Å². The molecule has 1 nitrogen and oxygen atoms in total. The molecule has 0 aliphatic rings. The van der Waals surface area contributed by atoms with Gasteiger partial charge in [0, 0.05) is 10.8 Å². The van der Waals surface area contributed by atoms with E-state index < -0.39 is 8.32 Å². The average Bonchev–Trinajstić information content (AvgIpc) is 2.59. The van der Waals surface area contributed by atoms with Gasteiger partial charge in [-0.15, -0.1) is 0 Å². The highest BCUT2D eigenvalue weighted by atomic mass is 28.4. The Morgan fingerprint density at radius 2 is 1.48 bits per heavy atom. The third-order valence-electron chi connectivity index (χ3n) is 5.30. The van der Waals surface area contributed by atoms with Crippen molar-refractivity contribution in [1.82, 2.24) is 0 Å². The minimum atomic E-state index is -1.72. The summed E-state index contributed by atoms with van der Waals surface area (Å²) in [5.41, 5.74) is 1.30. The highest BCUT2D eigenvalue weighted by Crippen LogP contribution is 2.39. The number of rotatable bonds is 5. The highest BCUT2D eigenvalue weighted by molar-refractivity contribution is 6.74. The van der Waals surface area contributed by atoms with E-state index in [1.807, 2.05) is 0 Å². The van der Waals surface area contributed by atoms with Crippen LogP contribution in [0.4, 0.5) is 0 Å². The predicted octanol–water partition coefficient (Wildman–Crippen LogP) is 6.69. The summed E-state index contributed by atoms with van der Waals surface area (Å²) in [5, 5.41) is 5.09. The molecule has 3 rings (SSSR count). The van der Waals surface area contributed by atoms with Gasteiger partial charge >= 0.3 is 0 Å². The second kappa shape index (κ2) is 6.36. The zero-order valence-electron chi connectivity index (χ0n) is 14.6. The zero-order valence-corrected chi connectivity index (χ0v) is 15.6. The number of hydrogen-bond donors (Lipinski definition) is 0. The van der Waals surface area contributed by atoms with Gasteiger partial charge in [0.25, 0.3) is 8.32 Å². The van der Waals surface area contributed by atoms with Crippen LogP contribution in [-0.2, 0) is 0 Å². The Balaban J connectivity index is 2.34. The molecule has 120 valence electrons. The van der Waals surface area contributed by atoms with Gasteiger partial charge in [0.15, 0.2) is 0 Å². The molecule has 0 aromatic heterocycles. The molecule has 0 bridgehead atoms. The fourth-order valence-electron chi connectivity index (χ4n) is 3.54. The second-order valence-electron chi connectivity index (χ2n) is 6.45. The monoisotopic (exact) mass is 322 g/mol. The zero-order chi connectivity index (χ0) is 16.4. The third kappa shape index (κ3) is 2.76. The highest BCUT2D eigenvalue weighted by Gasteiger charge is 2.32. The van der Waals surface area contributed by atoms with E-state index in [4.69, 9.17) is 4.43 Å². The minimum Gasteiger partial charge on any atom is -0.543 e. The van der Waals surface area contributed by atoms with Crippen LogP contribution in [0.5, 0.6) is 5.75 Å². The number of fused-ring (bicyclic) bond motifs is 2. The van der Waals surface area contributed by atoms with Crippen molar-refractivity contribution < 1.29 is 4.43 Å². The molecule has 23 heavy (non-hydrogen) atoms. The lowest BCUT2D eigenvalue weighted by molar-refractivity contribution is 0.543. The first kappa shape index (κ1) is 16.1. The summed E-state index contributed by atoms with van der Waals surface area (Å²) in [4.78, 5) is 0. The lowest BCUT2D eigenvalue weighted by atomic mass is 9.99. The van der Waals surface area contributed by atoms with Crippen molar-refractivity contribution in [2.75, 3.05) is 0 Å². The van der Waals surface area contributed by atoms with Gasteiger partial charge in [-0.25, -0.2) is 0 Å². The fraction of sp³-hybridized carbons (Fsp3) is 0.333. The molecule has 2 heteroatoms. The van der Waals surface area contributed by atoms with E-state index in [9.17, 15) is 0 Å². The minimum absolute atomic E-state index is 1.12. The summed E-state index contributed by atoms with van der Waals surface area (Å²) in [6, 6.07) is 20.9. The molecule has 0 atom stereocenters. The Bertz CT molecular complexity index is 825. The molecule has 0 spiro atoms. The van der Waals surface area contributed by atoms with E-state index in [0.717, 1.165) is 23.9 Å². The molecule has 0 saturated carbocycles. The van der Waals surface area contributed by atoms with Gasteiger partial charge in [-0.05, 0) is 47.5 Å². The van der Waals surface area contributed by atoms with Crippen molar-refractivity contribution in [2.45, 2.75) is 45.8 Å². The van der Waals surface area contributed by atoms with Crippen molar-refractivity contribution in [1.29, 1.82) is 0 Å². The lowest BCUT2D eigenvalue weighted by Gasteiger charge is -2.30. The Labute approximate surface area is 140 Å². The Kier molecular flexibility index (Phi) is 4.45. The predicted molar refractivity (Wildman–Crippen MR) is 104 cm³/mol. The van der Waals surface area contributed by atoms with Crippen LogP contribution in [0.15, 0.2) is 48.5 Å². The van der Waals surface area contributed by atoms with Gasteiger partial charge in [-0.2, -0.15) is 0 Å². The topological polar surface area (TPSA) is 9.23 Å². The van der Waals surface area contributed by atoms with Gasteiger partial charge in [-0.3, -0.25) is 0 Å². The molecule has 0 aliphatic carbocycles. The van der Waals surface area contributed by atoms with Crippen LogP contribution in [-0.4, -0.2) is 8.32 Å². The summed E-state index contributed by atoms with van der Waals surface area (Å²) in [6.45, 7) is 9.06. The maximum absolute atomic E-state index is 6.90. The summed E-state index contributed by atoms with van der Waals surface area (Å²) in [7, 11) is -1.72. The van der Waals surface area contributed by atoms with E-state index in [1.54, 1.807) is 0 Å². The van der Waals surface area contributed by atoms with Crippen molar-refractivity contribution in [3.8, 4) is 5.75 Å². The van der Waals surface area contributed by atoms with Gasteiger partial charge in [0.05, 0.1) is 0 Å². The van der Waals surface area contributed by atoms with E-state index in [0.29, 0.717) is 0 Å². The van der Waals surface area contributed by atoms with Crippen molar-refractivity contribution >= 4 is 29.9 Å². The molecular formula is C21H26OSi. The fourth-order valence-corrected chi connectivity index (χ4v) is 6.12. The van der Waals surface area contributed by atoms with Crippen LogP contribution < -0.4 is 4.43 Å². The van der Waals surface area contributed by atoms with Crippen LogP contribution in [0, 0.1) is 6.92 Å². The maximum Gasteiger partial charge on any atom is 0.250 e. The molecular weight excluding hydrogens is 296 g/mol. The van der Waals surface area contributed by atoms with Gasteiger partial charge in [-0.1, -0.05) is 63.2 Å². The quantitative estimate of drug-likeness (QED) is 0.376. The smallest absolute Gasteiger partial charge is 0.250 e. The van der Waals surface area contributed by atoms with Gasteiger partial charge in [0.2, 0.25) is 0 Å². The van der Waals surface area contributed by atoms with Crippen molar-refractivity contribution in [3.63, 3.8) is 0 Å². The van der Waals surface area contributed by atoms with Gasteiger partial charge < -0.3 is 4.43 Å². The first-order valence-electron chi connectivity index (χ1n) is 8.74. The van der Waals surface area contributed by atoms with Crippen molar-refractivity contribution in [2.24, 2.45) is 0 Å². The van der Waals surface area contributed by atoms with Crippen LogP contribution in [0.3, 0.4) is 0 Å². The molecule has 0 heterocycles. The van der Waals surface area contributed by atoms with Crippen LogP contribution >= 0.6 is 0 Å². The first-order chi connectivity index (χ1) is 11.1. The van der Waals surface area contributed by atoms with Crippen LogP contribution in [0.1, 0.15) is 26.3 Å². The second-order valence-corrected chi connectivity index (χ2v) is 11.1. The largest absolute Gasteiger partial charge is 0.543 e. The third-order valence-corrected chi connectivity index (χ3v) is 9.80. The SMILES string of the molecule is CC[Si](CC)(CC)Oc1c2ccccc2cc2cccc(C)c12. The molecule has 3 aromatic rings. The van der Waals surface area contributed by atoms with E-state index in [2.05, 4.69) is 76.2 Å². The normalized spacial score (nSPS) is 12.0. The number of benzene rings is 3. The first-order valence-corrected chi connectivity index (χ1v) is 11.3. The number of hydrogen-bond acceptors (Lipinski definition) is 1. The Hall–Kier alpha value is -1.80. The van der Waals surface area contributed by atoms with Crippen molar-refractivity contribution in [3.05, 3.63) is 54.1 Å². The van der Waals surface area contributed by atoms with Gasteiger partial charge in [0.1, 0.15) is 5.75 Å². The summed E-state index contributed by atoms with van der Waals surface area (Å²) < 4.78 is 6.90. The summed E-state index contributed by atoms with van der Waals surface area (Å²) in [6.07, 6.45) is 0. The van der Waals surface area contributed by atoms with E-state index in [1.165, 1.54) is 27.1 Å². The molecule has 0 unspecified atom stereocenters. The standard InChI is InChI=1S/C21H26OSi/c1-5-23(6-2,7-3)22-21-19-14-9-8-12-17(19)15-18-13-10-11-16(4)20(18)21/h8-15H,5-7H2,1-4H3. The molecule has 3 aromatic carbocycles. The molecule has 0 amide bonds. The lowest BCUT2D eigenvalue weighted by Crippen LogP contribution is -2.39. The molecule has 0 radical (unpaired) electrons. The molecule has 0 fully saturated rings. The van der Waals surface area contributed by atoms with Crippen LogP contribution in [0.2, 0.25) is 18.1 Å². The molecule has 0 N–H and O–H groups in total. The average molecular weight is 323 g/mol. The summed E-state index contributed by atoms with van der Waals surface area (Å²) in [5.74, 6) is 1.12.